The second-order valence-electron chi connectivity index (χ2n) is 7.94. The van der Waals surface area contributed by atoms with Crippen LogP contribution in [-0.2, 0) is 4.79 Å². The zero-order chi connectivity index (χ0) is 18.5. The topological polar surface area (TPSA) is 29.5 Å². The van der Waals surface area contributed by atoms with Crippen LogP contribution in [-0.4, -0.2) is 17.4 Å². The van der Waals surface area contributed by atoms with Crippen LogP contribution in [0.15, 0.2) is 54.6 Å². The Morgan fingerprint density at radius 3 is 2.48 bits per heavy atom. The summed E-state index contributed by atoms with van der Waals surface area (Å²) >= 11 is 0. The van der Waals surface area contributed by atoms with Gasteiger partial charge < -0.3 is 9.64 Å². The molecule has 2 aliphatic rings. The summed E-state index contributed by atoms with van der Waals surface area (Å²) in [4.78, 5) is 15.1. The molecule has 1 amide bonds. The SMILES string of the molecule is O=C(CC1CCCCC1)N1CCCC1c1cccc(Oc2ccccc2)c1. The number of hydrogen-bond donors (Lipinski definition) is 0. The molecule has 1 aliphatic carbocycles. The van der Waals surface area contributed by atoms with E-state index in [2.05, 4.69) is 17.0 Å². The first-order valence-electron chi connectivity index (χ1n) is 10.4. The van der Waals surface area contributed by atoms with Crippen molar-refractivity contribution in [3.8, 4) is 11.5 Å². The maximum Gasteiger partial charge on any atom is 0.223 e. The van der Waals surface area contributed by atoms with Crippen LogP contribution in [0.1, 0.15) is 63.0 Å². The number of hydrogen-bond acceptors (Lipinski definition) is 2. The number of ether oxygens (including phenoxy) is 1. The first kappa shape index (κ1) is 18.1. The van der Waals surface area contributed by atoms with Gasteiger partial charge in [0, 0.05) is 13.0 Å². The van der Waals surface area contributed by atoms with Crippen molar-refractivity contribution in [3.63, 3.8) is 0 Å². The molecule has 2 fully saturated rings. The van der Waals surface area contributed by atoms with Crippen LogP contribution >= 0.6 is 0 Å². The highest BCUT2D eigenvalue weighted by molar-refractivity contribution is 5.77. The van der Waals surface area contributed by atoms with Crippen LogP contribution in [0.2, 0.25) is 0 Å². The van der Waals surface area contributed by atoms with Crippen molar-refractivity contribution in [1.82, 2.24) is 4.90 Å². The lowest BCUT2D eigenvalue weighted by molar-refractivity contribution is -0.133. The van der Waals surface area contributed by atoms with Gasteiger partial charge in [0.25, 0.3) is 0 Å². The van der Waals surface area contributed by atoms with E-state index in [1.54, 1.807) is 0 Å². The van der Waals surface area contributed by atoms with Crippen LogP contribution in [0.25, 0.3) is 0 Å². The number of likely N-dealkylation sites (tertiary alicyclic amines) is 1. The minimum absolute atomic E-state index is 0.195. The van der Waals surface area contributed by atoms with Crippen LogP contribution < -0.4 is 4.74 Å². The Bertz CT molecular complexity index is 752. The Kier molecular flexibility index (Phi) is 5.76. The van der Waals surface area contributed by atoms with Crippen molar-refractivity contribution >= 4 is 5.91 Å². The molecule has 1 unspecified atom stereocenters. The predicted octanol–water partition coefficient (Wildman–Crippen LogP) is 6.11. The molecule has 3 nitrogen and oxygen atoms in total. The summed E-state index contributed by atoms with van der Waals surface area (Å²) in [5, 5.41) is 0. The summed E-state index contributed by atoms with van der Waals surface area (Å²) in [6, 6.07) is 18.3. The summed E-state index contributed by atoms with van der Waals surface area (Å²) in [7, 11) is 0. The molecule has 1 saturated carbocycles. The Morgan fingerprint density at radius 2 is 1.67 bits per heavy atom. The molecule has 27 heavy (non-hydrogen) atoms. The fraction of sp³-hybridized carbons (Fsp3) is 0.458. The van der Waals surface area contributed by atoms with E-state index in [0.29, 0.717) is 11.8 Å². The van der Waals surface area contributed by atoms with Gasteiger partial charge in [-0.25, -0.2) is 0 Å². The summed E-state index contributed by atoms with van der Waals surface area (Å²) in [5.74, 6) is 2.62. The highest BCUT2D eigenvalue weighted by atomic mass is 16.5. The summed E-state index contributed by atoms with van der Waals surface area (Å²) in [5.41, 5.74) is 1.19. The Labute approximate surface area is 162 Å². The van der Waals surface area contributed by atoms with Gasteiger partial charge >= 0.3 is 0 Å². The van der Waals surface area contributed by atoms with Gasteiger partial charge in [0.1, 0.15) is 11.5 Å². The molecule has 2 aromatic carbocycles. The van der Waals surface area contributed by atoms with Gasteiger partial charge in [-0.05, 0) is 61.4 Å². The van der Waals surface area contributed by atoms with Crippen molar-refractivity contribution in [2.45, 2.75) is 57.4 Å². The van der Waals surface area contributed by atoms with Crippen molar-refractivity contribution in [3.05, 3.63) is 60.2 Å². The molecule has 142 valence electrons. The molecule has 4 rings (SSSR count). The minimum Gasteiger partial charge on any atom is -0.457 e. The smallest absolute Gasteiger partial charge is 0.223 e. The third kappa shape index (κ3) is 4.52. The van der Waals surface area contributed by atoms with E-state index in [-0.39, 0.29) is 6.04 Å². The zero-order valence-corrected chi connectivity index (χ0v) is 16.0. The third-order valence-corrected chi connectivity index (χ3v) is 5.98. The molecule has 2 aromatic rings. The first-order valence-corrected chi connectivity index (χ1v) is 10.4. The van der Waals surface area contributed by atoms with Crippen LogP contribution in [0.4, 0.5) is 0 Å². The molecular formula is C24H29NO2. The number of carbonyl (C=O) groups excluding carboxylic acids is 1. The Hall–Kier alpha value is -2.29. The van der Waals surface area contributed by atoms with Gasteiger partial charge in [0.15, 0.2) is 0 Å². The summed E-state index contributed by atoms with van der Waals surface area (Å²) in [6.07, 6.45) is 9.24. The molecule has 1 heterocycles. The maximum absolute atomic E-state index is 13.0. The average Bonchev–Trinajstić information content (AvgIpc) is 3.20. The maximum atomic E-state index is 13.0. The number of amides is 1. The van der Waals surface area contributed by atoms with Crippen LogP contribution in [0.5, 0.6) is 11.5 Å². The number of para-hydroxylation sites is 1. The van der Waals surface area contributed by atoms with Crippen molar-refractivity contribution in [2.24, 2.45) is 5.92 Å². The number of rotatable bonds is 5. The van der Waals surface area contributed by atoms with E-state index >= 15 is 0 Å². The lowest BCUT2D eigenvalue weighted by atomic mass is 9.86. The molecule has 0 bridgehead atoms. The number of benzene rings is 2. The molecular weight excluding hydrogens is 334 g/mol. The standard InChI is InChI=1S/C24H29NO2/c26-24(17-19-9-3-1-4-10-19)25-16-8-15-23(25)20-11-7-14-22(18-20)27-21-12-5-2-6-13-21/h2,5-7,11-14,18-19,23H,1,3-4,8-10,15-17H2. The van der Waals surface area contributed by atoms with Gasteiger partial charge in [-0.1, -0.05) is 49.6 Å². The molecule has 0 N–H and O–H groups in total. The molecule has 0 radical (unpaired) electrons. The molecule has 1 atom stereocenters. The molecule has 0 spiro atoms. The Balaban J connectivity index is 1.45. The lowest BCUT2D eigenvalue weighted by Gasteiger charge is -2.28. The van der Waals surface area contributed by atoms with Gasteiger partial charge in [-0.15, -0.1) is 0 Å². The van der Waals surface area contributed by atoms with Crippen LogP contribution in [0, 0.1) is 5.92 Å². The largest absolute Gasteiger partial charge is 0.457 e. The van der Waals surface area contributed by atoms with E-state index in [1.165, 1.54) is 37.7 Å². The van der Waals surface area contributed by atoms with E-state index in [0.717, 1.165) is 37.3 Å². The third-order valence-electron chi connectivity index (χ3n) is 5.98. The lowest BCUT2D eigenvalue weighted by Crippen LogP contribution is -2.32. The molecule has 3 heteroatoms. The number of carbonyl (C=O) groups is 1. The molecule has 1 aliphatic heterocycles. The van der Waals surface area contributed by atoms with Crippen molar-refractivity contribution < 1.29 is 9.53 Å². The van der Waals surface area contributed by atoms with Crippen LogP contribution in [0.3, 0.4) is 0 Å². The van der Waals surface area contributed by atoms with Gasteiger partial charge in [-0.2, -0.15) is 0 Å². The van der Waals surface area contributed by atoms with Crippen molar-refractivity contribution in [2.75, 3.05) is 6.54 Å². The normalized spacial score (nSPS) is 20.6. The molecule has 0 aromatic heterocycles. The average molecular weight is 364 g/mol. The quantitative estimate of drug-likeness (QED) is 0.641. The van der Waals surface area contributed by atoms with E-state index in [1.807, 2.05) is 42.5 Å². The summed E-state index contributed by atoms with van der Waals surface area (Å²) < 4.78 is 5.99. The monoisotopic (exact) mass is 363 g/mol. The molecule has 1 saturated heterocycles. The second-order valence-corrected chi connectivity index (χ2v) is 7.94. The predicted molar refractivity (Wildman–Crippen MR) is 108 cm³/mol. The van der Waals surface area contributed by atoms with E-state index < -0.39 is 0 Å². The second kappa shape index (κ2) is 8.60. The fourth-order valence-electron chi connectivity index (χ4n) is 4.58. The van der Waals surface area contributed by atoms with E-state index in [9.17, 15) is 4.79 Å². The van der Waals surface area contributed by atoms with Gasteiger partial charge in [0.05, 0.1) is 6.04 Å². The van der Waals surface area contributed by atoms with Gasteiger partial charge in [-0.3, -0.25) is 4.79 Å². The fourth-order valence-corrected chi connectivity index (χ4v) is 4.58. The van der Waals surface area contributed by atoms with E-state index in [4.69, 9.17) is 4.74 Å². The van der Waals surface area contributed by atoms with Gasteiger partial charge in [0.2, 0.25) is 5.91 Å². The summed E-state index contributed by atoms with van der Waals surface area (Å²) in [6.45, 7) is 0.889. The first-order chi connectivity index (χ1) is 13.3. The minimum atomic E-state index is 0.195. The highest BCUT2D eigenvalue weighted by Crippen LogP contribution is 2.36. The Morgan fingerprint density at radius 1 is 0.889 bits per heavy atom. The number of nitrogens with zero attached hydrogens (tertiary/aromatic N) is 1. The van der Waals surface area contributed by atoms with Crippen molar-refractivity contribution in [1.29, 1.82) is 0 Å². The highest BCUT2D eigenvalue weighted by Gasteiger charge is 2.31. The zero-order valence-electron chi connectivity index (χ0n) is 16.0.